The summed E-state index contributed by atoms with van der Waals surface area (Å²) in [6.45, 7) is -2.27. The van der Waals surface area contributed by atoms with Crippen LogP contribution in [0.1, 0.15) is 34.4 Å². The van der Waals surface area contributed by atoms with Gasteiger partial charge in [-0.15, -0.1) is 5.10 Å². The fourth-order valence-corrected chi connectivity index (χ4v) is 2.96. The van der Waals surface area contributed by atoms with Gasteiger partial charge in [-0.1, -0.05) is 30.1 Å². The Morgan fingerprint density at radius 2 is 2.19 bits per heavy atom. The Balaban J connectivity index is 2.07. The summed E-state index contributed by atoms with van der Waals surface area (Å²) >= 11 is 12.2. The van der Waals surface area contributed by atoms with Crippen LogP contribution in [0.5, 0.6) is 11.6 Å². The normalized spacial score (nSPS) is 19.5. The average Bonchev–Trinajstić information content (AvgIpc) is 2.90. The van der Waals surface area contributed by atoms with Gasteiger partial charge < -0.3 is 10.5 Å². The Morgan fingerprint density at radius 1 is 1.48 bits per heavy atom. The maximum absolute atomic E-state index is 12.1. The Bertz CT molecular complexity index is 844. The Hall–Kier alpha value is -1.72. The van der Waals surface area contributed by atoms with Crippen molar-refractivity contribution in [3.63, 3.8) is 0 Å². The highest BCUT2D eigenvalue weighted by Gasteiger charge is 2.27. The molecule has 0 saturated carbocycles. The SMILES string of the molecule is [2H]C([2H])([2H])[C@@H]1CCc2c(Oc3c(Cl)cc(N)cc3Cl)n[nH]c(=O)c21. The number of rotatable bonds is 2. The van der Waals surface area contributed by atoms with E-state index in [0.717, 1.165) is 0 Å². The molecule has 1 aliphatic rings. The number of hydrogen-bond acceptors (Lipinski definition) is 4. The van der Waals surface area contributed by atoms with E-state index >= 15 is 0 Å². The summed E-state index contributed by atoms with van der Waals surface area (Å²) in [6.07, 6.45) is 0.690. The fraction of sp³-hybridized carbons (Fsp3) is 0.286. The van der Waals surface area contributed by atoms with Crippen molar-refractivity contribution in [1.29, 1.82) is 0 Å². The van der Waals surface area contributed by atoms with E-state index < -0.39 is 18.3 Å². The Kier molecular flexibility index (Phi) is 2.73. The number of nitrogens with two attached hydrogens (primary N) is 1. The number of nitrogens with zero attached hydrogens (tertiary/aromatic N) is 1. The van der Waals surface area contributed by atoms with Crippen LogP contribution >= 0.6 is 23.2 Å². The third-order valence-electron chi connectivity index (χ3n) is 3.34. The van der Waals surface area contributed by atoms with Crippen LogP contribution in [0.15, 0.2) is 16.9 Å². The summed E-state index contributed by atoms with van der Waals surface area (Å²) in [4.78, 5) is 12.1. The second kappa shape index (κ2) is 5.24. The van der Waals surface area contributed by atoms with Crippen molar-refractivity contribution >= 4 is 28.9 Å². The molecular formula is C14H13Cl2N3O2. The van der Waals surface area contributed by atoms with Gasteiger partial charge in [-0.25, -0.2) is 5.10 Å². The molecule has 0 amide bonds. The first-order chi connectivity index (χ1) is 11.2. The molecule has 0 saturated heterocycles. The van der Waals surface area contributed by atoms with Gasteiger partial charge in [0.15, 0.2) is 5.75 Å². The lowest BCUT2D eigenvalue weighted by Gasteiger charge is -2.12. The van der Waals surface area contributed by atoms with Gasteiger partial charge in [0, 0.05) is 20.9 Å². The van der Waals surface area contributed by atoms with Crippen LogP contribution in [0.4, 0.5) is 5.69 Å². The topological polar surface area (TPSA) is 81.0 Å². The molecule has 0 unspecified atom stereocenters. The van der Waals surface area contributed by atoms with Crippen LogP contribution in [0, 0.1) is 0 Å². The van der Waals surface area contributed by atoms with Gasteiger partial charge in [0.05, 0.1) is 10.0 Å². The molecule has 3 N–H and O–H groups in total. The third-order valence-corrected chi connectivity index (χ3v) is 3.90. The number of nitrogen functional groups attached to an aromatic ring is 1. The average molecular weight is 329 g/mol. The molecule has 0 bridgehead atoms. The monoisotopic (exact) mass is 328 g/mol. The standard InChI is InChI=1S/C14H13Cl2N3O2/c1-6-2-3-8-11(6)13(20)18-19-14(8)21-12-9(15)4-7(17)5-10(12)16/h4-6H,2-3,17H2,1H3,(H,18,20)/t6-/m1/s1/i1D3. The molecular weight excluding hydrogens is 313 g/mol. The molecule has 21 heavy (non-hydrogen) atoms. The first-order valence-corrected chi connectivity index (χ1v) is 6.98. The zero-order valence-electron chi connectivity index (χ0n) is 13.7. The number of benzene rings is 1. The van der Waals surface area contributed by atoms with Crippen LogP contribution in [0.2, 0.25) is 10.0 Å². The molecule has 5 nitrogen and oxygen atoms in total. The molecule has 0 aliphatic heterocycles. The van der Waals surface area contributed by atoms with E-state index in [-0.39, 0.29) is 27.2 Å². The van der Waals surface area contributed by atoms with Gasteiger partial charge >= 0.3 is 0 Å². The second-order valence-electron chi connectivity index (χ2n) is 4.76. The first-order valence-electron chi connectivity index (χ1n) is 7.72. The first kappa shape index (κ1) is 10.9. The largest absolute Gasteiger partial charge is 0.434 e. The number of fused-ring (bicyclic) bond motifs is 1. The molecule has 110 valence electrons. The molecule has 1 aromatic heterocycles. The number of nitrogens with one attached hydrogen (secondary N) is 1. The zero-order chi connectivity index (χ0) is 17.6. The van der Waals surface area contributed by atoms with Crippen molar-refractivity contribution < 1.29 is 8.85 Å². The lowest BCUT2D eigenvalue weighted by Crippen LogP contribution is -2.16. The summed E-state index contributed by atoms with van der Waals surface area (Å²) in [5.41, 5.74) is 6.14. The number of anilines is 1. The fourth-order valence-electron chi connectivity index (χ4n) is 2.38. The second-order valence-corrected chi connectivity index (χ2v) is 5.57. The van der Waals surface area contributed by atoms with Crippen LogP contribution in [0.25, 0.3) is 0 Å². The maximum atomic E-state index is 12.1. The molecule has 0 spiro atoms. The van der Waals surface area contributed by atoms with Crippen LogP contribution in [-0.4, -0.2) is 10.2 Å². The van der Waals surface area contributed by atoms with E-state index in [1.165, 1.54) is 12.1 Å². The van der Waals surface area contributed by atoms with Gasteiger partial charge in [0.2, 0.25) is 5.88 Å². The van der Waals surface area contributed by atoms with E-state index in [9.17, 15) is 4.79 Å². The summed E-state index contributed by atoms with van der Waals surface area (Å²) < 4.78 is 28.5. The van der Waals surface area contributed by atoms with Crippen molar-refractivity contribution in [3.8, 4) is 11.6 Å². The summed E-state index contributed by atoms with van der Waals surface area (Å²) in [5, 5.41) is 6.53. The molecule has 0 radical (unpaired) electrons. The number of hydrogen-bond donors (Lipinski definition) is 2. The van der Waals surface area contributed by atoms with Crippen molar-refractivity contribution in [3.05, 3.63) is 43.7 Å². The highest BCUT2D eigenvalue weighted by molar-refractivity contribution is 6.37. The number of aromatic amines is 1. The van der Waals surface area contributed by atoms with E-state index in [4.69, 9.17) is 37.8 Å². The molecule has 0 fully saturated rings. The van der Waals surface area contributed by atoms with Gasteiger partial charge in [0.1, 0.15) is 0 Å². The number of H-pyrrole nitrogens is 1. The predicted molar refractivity (Wildman–Crippen MR) is 82.5 cm³/mol. The minimum absolute atomic E-state index is 0.0879. The third kappa shape index (κ3) is 2.47. The summed E-state index contributed by atoms with van der Waals surface area (Å²) in [7, 11) is 0. The Labute approximate surface area is 135 Å². The zero-order valence-corrected chi connectivity index (χ0v) is 12.3. The van der Waals surface area contributed by atoms with Gasteiger partial charge in [-0.3, -0.25) is 4.79 Å². The van der Waals surface area contributed by atoms with Gasteiger partial charge in [-0.2, -0.15) is 0 Å². The van der Waals surface area contributed by atoms with E-state index in [0.29, 0.717) is 24.1 Å². The lowest BCUT2D eigenvalue weighted by atomic mass is 10.1. The molecule has 1 heterocycles. The maximum Gasteiger partial charge on any atom is 0.268 e. The Morgan fingerprint density at radius 3 is 2.86 bits per heavy atom. The molecule has 1 aromatic carbocycles. The molecule has 1 aliphatic carbocycles. The summed E-state index contributed by atoms with van der Waals surface area (Å²) in [6, 6.07) is 2.94. The molecule has 3 rings (SSSR count). The highest BCUT2D eigenvalue weighted by atomic mass is 35.5. The van der Waals surface area contributed by atoms with Crippen LogP contribution < -0.4 is 16.0 Å². The molecule has 2 aromatic rings. The minimum atomic E-state index is -2.27. The summed E-state index contributed by atoms with van der Waals surface area (Å²) in [5.74, 6) is -0.615. The minimum Gasteiger partial charge on any atom is -0.434 e. The van der Waals surface area contributed by atoms with E-state index in [2.05, 4.69) is 10.2 Å². The highest BCUT2D eigenvalue weighted by Crippen LogP contribution is 2.41. The quantitative estimate of drug-likeness (QED) is 0.826. The van der Waals surface area contributed by atoms with Crippen molar-refractivity contribution in [2.45, 2.75) is 25.6 Å². The number of aromatic nitrogens is 2. The number of ether oxygens (including phenoxy) is 1. The lowest BCUT2D eigenvalue weighted by molar-refractivity contribution is 0.448. The van der Waals surface area contributed by atoms with E-state index in [1.807, 2.05) is 0 Å². The van der Waals surface area contributed by atoms with Gasteiger partial charge in [0.25, 0.3) is 5.56 Å². The van der Waals surface area contributed by atoms with Crippen LogP contribution in [-0.2, 0) is 6.42 Å². The van der Waals surface area contributed by atoms with Crippen molar-refractivity contribution in [2.75, 3.05) is 5.73 Å². The number of halogens is 2. The molecule has 7 heteroatoms. The smallest absolute Gasteiger partial charge is 0.268 e. The van der Waals surface area contributed by atoms with E-state index in [1.54, 1.807) is 0 Å². The molecule has 1 atom stereocenters. The van der Waals surface area contributed by atoms with Crippen LogP contribution in [0.3, 0.4) is 0 Å². The predicted octanol–water partition coefficient (Wildman–Crippen LogP) is 3.50. The van der Waals surface area contributed by atoms with Gasteiger partial charge in [-0.05, 0) is 30.9 Å². The van der Waals surface area contributed by atoms with Crippen molar-refractivity contribution in [1.82, 2.24) is 10.2 Å². The van der Waals surface area contributed by atoms with Crippen molar-refractivity contribution in [2.24, 2.45) is 0 Å².